The minimum absolute atomic E-state index is 0.0791. The van der Waals surface area contributed by atoms with E-state index in [0.717, 1.165) is 5.75 Å². The van der Waals surface area contributed by atoms with E-state index in [9.17, 15) is 9.59 Å². The zero-order chi connectivity index (χ0) is 18.8. The Morgan fingerprint density at radius 3 is 2.12 bits per heavy atom. The predicted octanol–water partition coefficient (Wildman–Crippen LogP) is 2.88. The molecule has 0 heterocycles. The Kier molecular flexibility index (Phi) is 7.64. The summed E-state index contributed by atoms with van der Waals surface area (Å²) in [5, 5.41) is 5.57. The van der Waals surface area contributed by atoms with Crippen LogP contribution in [0.15, 0.2) is 54.6 Å². The number of nitrogens with zero attached hydrogens (tertiary/aromatic N) is 1. The average Bonchev–Trinajstić information content (AvgIpc) is 2.64. The van der Waals surface area contributed by atoms with Crippen molar-refractivity contribution in [3.8, 4) is 11.5 Å². The number of anilines is 1. The highest BCUT2D eigenvalue weighted by Crippen LogP contribution is 2.22. The van der Waals surface area contributed by atoms with E-state index in [1.807, 2.05) is 44.2 Å². The second kappa shape index (κ2) is 10.2. The fourth-order valence-electron chi connectivity index (χ4n) is 2.37. The highest BCUT2D eigenvalue weighted by atomic mass is 16.5. The van der Waals surface area contributed by atoms with E-state index in [2.05, 4.69) is 10.6 Å². The number of hydrogen-bond donors (Lipinski definition) is 2. The lowest BCUT2D eigenvalue weighted by atomic mass is 10.3. The normalized spacial score (nSPS) is 10.4. The second-order valence-corrected chi connectivity index (χ2v) is 5.74. The van der Waals surface area contributed by atoms with Gasteiger partial charge in [-0.15, -0.1) is 0 Å². The van der Waals surface area contributed by atoms with E-state index in [1.165, 1.54) is 0 Å². The highest BCUT2D eigenvalue weighted by Gasteiger charge is 2.12. The fourth-order valence-corrected chi connectivity index (χ4v) is 2.37. The minimum Gasteiger partial charge on any atom is -0.457 e. The van der Waals surface area contributed by atoms with Crippen LogP contribution in [0.3, 0.4) is 0 Å². The van der Waals surface area contributed by atoms with Gasteiger partial charge in [-0.05, 0) is 49.9 Å². The summed E-state index contributed by atoms with van der Waals surface area (Å²) in [5.41, 5.74) is 0.685. The van der Waals surface area contributed by atoms with Gasteiger partial charge < -0.3 is 15.4 Å². The third-order valence-electron chi connectivity index (χ3n) is 3.67. The Balaban J connectivity index is 1.85. The lowest BCUT2D eigenvalue weighted by Crippen LogP contribution is -2.40. The second-order valence-electron chi connectivity index (χ2n) is 5.74. The summed E-state index contributed by atoms with van der Waals surface area (Å²) in [5.74, 6) is 1.21. The number of benzene rings is 2. The molecular formula is C20H25N3O3. The number of rotatable bonds is 9. The maximum atomic E-state index is 12.2. The average molecular weight is 355 g/mol. The van der Waals surface area contributed by atoms with Crippen LogP contribution in [0.1, 0.15) is 13.8 Å². The van der Waals surface area contributed by atoms with Crippen LogP contribution in [0, 0.1) is 0 Å². The van der Waals surface area contributed by atoms with Gasteiger partial charge in [0.15, 0.2) is 0 Å². The number of amides is 2. The van der Waals surface area contributed by atoms with Crippen molar-refractivity contribution in [3.63, 3.8) is 0 Å². The van der Waals surface area contributed by atoms with E-state index in [1.54, 1.807) is 29.2 Å². The van der Waals surface area contributed by atoms with Crippen molar-refractivity contribution in [2.45, 2.75) is 13.8 Å². The number of para-hydroxylation sites is 1. The monoisotopic (exact) mass is 355 g/mol. The number of carbonyl (C=O) groups is 2. The van der Waals surface area contributed by atoms with Gasteiger partial charge in [-0.2, -0.15) is 0 Å². The quantitative estimate of drug-likeness (QED) is 0.726. The molecule has 0 aliphatic carbocycles. The molecule has 2 rings (SSSR count). The first kappa shape index (κ1) is 19.5. The summed E-state index contributed by atoms with van der Waals surface area (Å²) in [6.07, 6.45) is 0. The molecule has 6 nitrogen and oxygen atoms in total. The van der Waals surface area contributed by atoms with E-state index >= 15 is 0 Å². The van der Waals surface area contributed by atoms with Crippen LogP contribution in [-0.4, -0.2) is 42.9 Å². The van der Waals surface area contributed by atoms with Crippen molar-refractivity contribution in [2.24, 2.45) is 0 Å². The Hall–Kier alpha value is -2.86. The predicted molar refractivity (Wildman–Crippen MR) is 102 cm³/mol. The molecule has 0 aliphatic heterocycles. The minimum atomic E-state index is -0.159. The van der Waals surface area contributed by atoms with E-state index < -0.39 is 0 Å². The van der Waals surface area contributed by atoms with E-state index in [-0.39, 0.29) is 24.9 Å². The smallest absolute Gasteiger partial charge is 0.238 e. The highest BCUT2D eigenvalue weighted by molar-refractivity contribution is 5.92. The molecule has 2 amide bonds. The molecule has 0 spiro atoms. The fraction of sp³-hybridized carbons (Fsp3) is 0.300. The van der Waals surface area contributed by atoms with Gasteiger partial charge in [0.25, 0.3) is 0 Å². The van der Waals surface area contributed by atoms with Crippen LogP contribution in [0.4, 0.5) is 5.69 Å². The lowest BCUT2D eigenvalue weighted by Gasteiger charge is -2.19. The molecule has 0 bridgehead atoms. The SMILES string of the molecule is CCNC(=O)CN(CC)CC(=O)Nc1ccc(Oc2ccccc2)cc1. The first-order valence-electron chi connectivity index (χ1n) is 8.72. The van der Waals surface area contributed by atoms with Crippen LogP contribution in [-0.2, 0) is 9.59 Å². The Morgan fingerprint density at radius 2 is 1.50 bits per heavy atom. The van der Waals surface area contributed by atoms with Gasteiger partial charge in [-0.25, -0.2) is 0 Å². The molecule has 2 aromatic carbocycles. The first-order valence-corrected chi connectivity index (χ1v) is 8.72. The molecule has 0 unspecified atom stereocenters. The van der Waals surface area contributed by atoms with Crippen LogP contribution in [0.2, 0.25) is 0 Å². The molecule has 0 radical (unpaired) electrons. The van der Waals surface area contributed by atoms with Crippen molar-refractivity contribution in [1.82, 2.24) is 10.2 Å². The van der Waals surface area contributed by atoms with Gasteiger partial charge in [0.05, 0.1) is 13.1 Å². The Morgan fingerprint density at radius 1 is 0.885 bits per heavy atom. The summed E-state index contributed by atoms with van der Waals surface area (Å²) >= 11 is 0. The molecule has 26 heavy (non-hydrogen) atoms. The van der Waals surface area contributed by atoms with Crippen LogP contribution in [0.25, 0.3) is 0 Å². The molecule has 2 aromatic rings. The van der Waals surface area contributed by atoms with Crippen LogP contribution in [0.5, 0.6) is 11.5 Å². The third kappa shape index (κ3) is 6.57. The van der Waals surface area contributed by atoms with Crippen molar-refractivity contribution >= 4 is 17.5 Å². The summed E-state index contributed by atoms with van der Waals surface area (Å²) in [4.78, 5) is 25.6. The summed E-state index contributed by atoms with van der Waals surface area (Å²) in [6.45, 7) is 5.36. The molecule has 0 atom stereocenters. The largest absolute Gasteiger partial charge is 0.457 e. The van der Waals surface area contributed by atoms with Gasteiger partial charge >= 0.3 is 0 Å². The zero-order valence-corrected chi connectivity index (χ0v) is 15.2. The van der Waals surface area contributed by atoms with Crippen LogP contribution < -0.4 is 15.4 Å². The molecule has 6 heteroatoms. The summed E-state index contributed by atoms with van der Waals surface area (Å²) in [7, 11) is 0. The van der Waals surface area contributed by atoms with Gasteiger partial charge in [-0.1, -0.05) is 25.1 Å². The van der Waals surface area contributed by atoms with Crippen molar-refractivity contribution in [2.75, 3.05) is 31.5 Å². The van der Waals surface area contributed by atoms with Gasteiger partial charge in [0.2, 0.25) is 11.8 Å². The lowest BCUT2D eigenvalue weighted by molar-refractivity contribution is -0.123. The number of hydrogen-bond acceptors (Lipinski definition) is 4. The molecule has 0 saturated heterocycles. The standard InChI is InChI=1S/C20H25N3O3/c1-3-21-19(24)14-23(4-2)15-20(25)22-16-10-12-18(13-11-16)26-17-8-6-5-7-9-17/h5-13H,3-4,14-15H2,1-2H3,(H,21,24)(H,22,25). The Bertz CT molecular complexity index is 702. The molecule has 0 saturated carbocycles. The number of carbonyl (C=O) groups excluding carboxylic acids is 2. The maximum Gasteiger partial charge on any atom is 0.238 e. The third-order valence-corrected chi connectivity index (χ3v) is 3.67. The van der Waals surface area contributed by atoms with Crippen LogP contribution >= 0.6 is 0 Å². The van der Waals surface area contributed by atoms with Gasteiger partial charge in [0, 0.05) is 12.2 Å². The van der Waals surface area contributed by atoms with Crippen molar-refractivity contribution < 1.29 is 14.3 Å². The first-order chi connectivity index (χ1) is 12.6. The summed E-state index contributed by atoms with van der Waals surface area (Å²) in [6, 6.07) is 16.7. The Labute approximate surface area is 154 Å². The van der Waals surface area contributed by atoms with Crippen molar-refractivity contribution in [1.29, 1.82) is 0 Å². The molecule has 0 fully saturated rings. The van der Waals surface area contributed by atoms with Gasteiger partial charge in [-0.3, -0.25) is 14.5 Å². The molecule has 0 aliphatic rings. The molecule has 0 aromatic heterocycles. The number of likely N-dealkylation sites (N-methyl/N-ethyl adjacent to an activating group) is 2. The number of nitrogens with one attached hydrogen (secondary N) is 2. The number of ether oxygens (including phenoxy) is 1. The van der Waals surface area contributed by atoms with Gasteiger partial charge in [0.1, 0.15) is 11.5 Å². The topological polar surface area (TPSA) is 70.7 Å². The molecule has 2 N–H and O–H groups in total. The summed E-state index contributed by atoms with van der Waals surface area (Å²) < 4.78 is 5.72. The zero-order valence-electron chi connectivity index (χ0n) is 15.2. The molecular weight excluding hydrogens is 330 g/mol. The van der Waals surface area contributed by atoms with E-state index in [4.69, 9.17) is 4.74 Å². The molecule has 138 valence electrons. The van der Waals surface area contributed by atoms with E-state index in [0.29, 0.717) is 24.5 Å². The maximum absolute atomic E-state index is 12.2. The van der Waals surface area contributed by atoms with Crippen molar-refractivity contribution in [3.05, 3.63) is 54.6 Å².